The molecular formula is C11H5ClF3IN2O2. The highest BCUT2D eigenvalue weighted by molar-refractivity contribution is 14.1. The summed E-state index contributed by atoms with van der Waals surface area (Å²) in [6.07, 6.45) is -3.66. The Kier molecular flexibility index (Phi) is 3.80. The Morgan fingerprint density at radius 2 is 1.90 bits per heavy atom. The van der Waals surface area contributed by atoms with Crippen LogP contribution in [-0.4, -0.2) is 16.8 Å². The summed E-state index contributed by atoms with van der Waals surface area (Å²) in [6, 6.07) is 0.653. The van der Waals surface area contributed by atoms with Crippen molar-refractivity contribution in [1.29, 1.82) is 0 Å². The van der Waals surface area contributed by atoms with Gasteiger partial charge in [0.1, 0.15) is 10.9 Å². The fourth-order valence-electron chi connectivity index (χ4n) is 1.59. The molecule has 0 unspecified atom stereocenters. The highest BCUT2D eigenvalue weighted by Gasteiger charge is 2.39. The van der Waals surface area contributed by atoms with Gasteiger partial charge in [0.05, 0.1) is 5.56 Å². The second kappa shape index (κ2) is 4.99. The summed E-state index contributed by atoms with van der Waals surface area (Å²) >= 11 is 7.11. The minimum Gasteiger partial charge on any atom is -0.268 e. The molecule has 0 fully saturated rings. The van der Waals surface area contributed by atoms with Gasteiger partial charge in [-0.1, -0.05) is 11.6 Å². The van der Waals surface area contributed by atoms with Crippen molar-refractivity contribution in [3.63, 3.8) is 0 Å². The predicted octanol–water partition coefficient (Wildman–Crippen LogP) is 3.09. The fourth-order valence-corrected chi connectivity index (χ4v) is 2.35. The first kappa shape index (κ1) is 15.2. The summed E-state index contributed by atoms with van der Waals surface area (Å²) in [4.78, 5) is 27.8. The van der Waals surface area contributed by atoms with Gasteiger partial charge >= 0.3 is 6.18 Å². The van der Waals surface area contributed by atoms with Crippen LogP contribution < -0.4 is 4.90 Å². The molecule has 1 aromatic rings. The molecule has 4 nitrogen and oxygen atoms in total. The number of amides is 2. The monoisotopic (exact) mass is 416 g/mol. The zero-order chi connectivity index (χ0) is 15.2. The molecule has 2 rings (SSSR count). The lowest BCUT2D eigenvalue weighted by atomic mass is 10.2. The summed E-state index contributed by atoms with van der Waals surface area (Å²) in [6.45, 7) is 1.32. The highest BCUT2D eigenvalue weighted by Crippen LogP contribution is 2.36. The minimum atomic E-state index is -4.60. The van der Waals surface area contributed by atoms with E-state index < -0.39 is 29.4 Å². The molecule has 0 atom stereocenters. The average molecular weight is 417 g/mol. The molecule has 0 N–H and O–H groups in total. The first-order chi connectivity index (χ1) is 9.14. The normalized spacial score (nSPS) is 16.4. The first-order valence-electron chi connectivity index (χ1n) is 5.12. The van der Waals surface area contributed by atoms with Crippen molar-refractivity contribution in [3.8, 4) is 0 Å². The van der Waals surface area contributed by atoms with Crippen molar-refractivity contribution < 1.29 is 22.8 Å². The van der Waals surface area contributed by atoms with Gasteiger partial charge in [0.2, 0.25) is 0 Å². The van der Waals surface area contributed by atoms with Gasteiger partial charge in [-0.15, -0.1) is 0 Å². The maximum absolute atomic E-state index is 12.8. The maximum Gasteiger partial charge on any atom is 0.417 e. The quantitative estimate of drug-likeness (QED) is 0.522. The smallest absolute Gasteiger partial charge is 0.268 e. The Labute approximate surface area is 129 Å². The number of halogens is 5. The van der Waals surface area contributed by atoms with Crippen molar-refractivity contribution in [2.24, 2.45) is 0 Å². The Bertz CT molecular complexity index is 634. The first-order valence-corrected chi connectivity index (χ1v) is 6.58. The van der Waals surface area contributed by atoms with Gasteiger partial charge in [0.15, 0.2) is 0 Å². The summed E-state index contributed by atoms with van der Waals surface area (Å²) in [7, 11) is 0. The summed E-state index contributed by atoms with van der Waals surface area (Å²) in [5.74, 6) is -2.06. The van der Waals surface area contributed by atoms with E-state index in [1.165, 1.54) is 29.5 Å². The van der Waals surface area contributed by atoms with Crippen molar-refractivity contribution in [3.05, 3.63) is 32.0 Å². The molecule has 0 aromatic carbocycles. The van der Waals surface area contributed by atoms with Crippen LogP contribution in [0.2, 0.25) is 0 Å². The lowest BCUT2D eigenvalue weighted by Crippen LogP contribution is -2.32. The molecule has 0 radical (unpaired) electrons. The van der Waals surface area contributed by atoms with E-state index in [2.05, 4.69) is 4.98 Å². The van der Waals surface area contributed by atoms with Crippen molar-refractivity contribution >= 4 is 51.8 Å². The van der Waals surface area contributed by atoms with Crippen LogP contribution in [0.4, 0.5) is 19.0 Å². The molecule has 0 saturated carbocycles. The number of carbonyl (C=O) groups excluding carboxylic acids is 2. The van der Waals surface area contributed by atoms with Crippen LogP contribution in [0.5, 0.6) is 0 Å². The topological polar surface area (TPSA) is 50.3 Å². The third kappa shape index (κ3) is 2.41. The van der Waals surface area contributed by atoms with E-state index in [1.54, 1.807) is 0 Å². The van der Waals surface area contributed by atoms with E-state index in [1.807, 2.05) is 0 Å². The second-order valence-electron chi connectivity index (χ2n) is 3.90. The van der Waals surface area contributed by atoms with E-state index in [9.17, 15) is 22.8 Å². The molecule has 20 heavy (non-hydrogen) atoms. The van der Waals surface area contributed by atoms with Crippen LogP contribution in [-0.2, 0) is 15.8 Å². The van der Waals surface area contributed by atoms with E-state index in [0.29, 0.717) is 11.0 Å². The van der Waals surface area contributed by atoms with Crippen LogP contribution in [0.15, 0.2) is 22.9 Å². The van der Waals surface area contributed by atoms with Gasteiger partial charge in [-0.3, -0.25) is 9.59 Å². The van der Waals surface area contributed by atoms with E-state index >= 15 is 0 Å². The van der Waals surface area contributed by atoms with Crippen LogP contribution in [0.25, 0.3) is 0 Å². The summed E-state index contributed by atoms with van der Waals surface area (Å²) < 4.78 is 38.3. The standard InChI is InChI=1S/C11H5ClF3IN2O2/c1-4-8(12)10(20)18(9(4)19)7-2-5(11(13,14)15)6(16)3-17-7/h2-3H,1H3. The number of aromatic nitrogens is 1. The van der Waals surface area contributed by atoms with E-state index in [0.717, 1.165) is 6.20 Å². The van der Waals surface area contributed by atoms with Crippen molar-refractivity contribution in [2.45, 2.75) is 13.1 Å². The summed E-state index contributed by atoms with van der Waals surface area (Å²) in [5, 5.41) is -0.316. The van der Waals surface area contributed by atoms with Gasteiger partial charge in [-0.05, 0) is 35.6 Å². The lowest BCUT2D eigenvalue weighted by molar-refractivity contribution is -0.138. The van der Waals surface area contributed by atoms with Gasteiger partial charge < -0.3 is 0 Å². The Morgan fingerprint density at radius 3 is 2.35 bits per heavy atom. The van der Waals surface area contributed by atoms with Crippen molar-refractivity contribution in [2.75, 3.05) is 4.90 Å². The molecular weight excluding hydrogens is 411 g/mol. The van der Waals surface area contributed by atoms with E-state index in [4.69, 9.17) is 11.6 Å². The Morgan fingerprint density at radius 1 is 1.30 bits per heavy atom. The SMILES string of the molecule is CC1=C(Cl)C(=O)N(c2cc(C(F)(F)F)c(I)cn2)C1=O. The zero-order valence-electron chi connectivity index (χ0n) is 9.76. The molecule has 106 valence electrons. The summed E-state index contributed by atoms with van der Waals surface area (Å²) in [5.41, 5.74) is -0.991. The largest absolute Gasteiger partial charge is 0.417 e. The van der Waals surface area contributed by atoms with Crippen LogP contribution in [0.1, 0.15) is 12.5 Å². The second-order valence-corrected chi connectivity index (χ2v) is 5.44. The van der Waals surface area contributed by atoms with E-state index in [-0.39, 0.29) is 14.2 Å². The number of nitrogens with zero attached hydrogens (tertiary/aromatic N) is 2. The number of carbonyl (C=O) groups is 2. The number of anilines is 1. The molecule has 0 spiro atoms. The van der Waals surface area contributed by atoms with Gasteiger partial charge in [0, 0.05) is 15.3 Å². The Balaban J connectivity index is 2.52. The average Bonchev–Trinajstić information content (AvgIpc) is 2.54. The predicted molar refractivity (Wildman–Crippen MR) is 73.0 cm³/mol. The van der Waals surface area contributed by atoms with Crippen LogP contribution in [0, 0.1) is 3.57 Å². The molecule has 1 aliphatic heterocycles. The molecule has 0 bridgehead atoms. The van der Waals surface area contributed by atoms with Gasteiger partial charge in [-0.25, -0.2) is 9.88 Å². The maximum atomic E-state index is 12.8. The lowest BCUT2D eigenvalue weighted by Gasteiger charge is -2.16. The number of imide groups is 1. The molecule has 0 saturated heterocycles. The molecule has 2 heterocycles. The van der Waals surface area contributed by atoms with Gasteiger partial charge in [0.25, 0.3) is 11.8 Å². The number of pyridine rings is 1. The Hall–Kier alpha value is -1.16. The van der Waals surface area contributed by atoms with Crippen LogP contribution >= 0.6 is 34.2 Å². The number of hydrogen-bond acceptors (Lipinski definition) is 3. The highest BCUT2D eigenvalue weighted by atomic mass is 127. The fraction of sp³-hybridized carbons (Fsp3) is 0.182. The minimum absolute atomic E-state index is 0.0226. The van der Waals surface area contributed by atoms with Crippen LogP contribution in [0.3, 0.4) is 0 Å². The molecule has 2 amide bonds. The molecule has 1 aromatic heterocycles. The number of hydrogen-bond donors (Lipinski definition) is 0. The van der Waals surface area contributed by atoms with Gasteiger partial charge in [-0.2, -0.15) is 13.2 Å². The third-order valence-electron chi connectivity index (χ3n) is 2.62. The van der Waals surface area contributed by atoms with Crippen molar-refractivity contribution in [1.82, 2.24) is 4.98 Å². The molecule has 1 aliphatic rings. The molecule has 9 heteroatoms. The molecule has 0 aliphatic carbocycles. The zero-order valence-corrected chi connectivity index (χ0v) is 12.7. The number of rotatable bonds is 1. The third-order valence-corrected chi connectivity index (χ3v) is 3.92. The number of alkyl halides is 3.